The van der Waals surface area contributed by atoms with Crippen molar-refractivity contribution in [3.8, 4) is 0 Å². The van der Waals surface area contributed by atoms with Gasteiger partial charge in [-0.1, -0.05) is 27.2 Å². The molecule has 0 aromatic heterocycles. The van der Waals surface area contributed by atoms with E-state index in [1.54, 1.807) is 0 Å². The fourth-order valence-electron chi connectivity index (χ4n) is 1.08. The lowest BCUT2D eigenvalue weighted by Gasteiger charge is -2.17. The summed E-state index contributed by atoms with van der Waals surface area (Å²) in [5.74, 6) is 1.31. The minimum atomic E-state index is 0.439. The highest BCUT2D eigenvalue weighted by Crippen LogP contribution is 2.24. The molecule has 80 valence electrons. The Morgan fingerprint density at radius 1 is 1.23 bits per heavy atom. The molecule has 0 saturated heterocycles. The molecule has 1 unspecified atom stereocenters. The minimum absolute atomic E-state index is 0.439. The van der Waals surface area contributed by atoms with Gasteiger partial charge in [-0.25, -0.2) is 0 Å². The molecule has 0 rings (SSSR count). The fourth-order valence-corrected chi connectivity index (χ4v) is 2.04. The monoisotopic (exact) mass is 203 g/mol. The van der Waals surface area contributed by atoms with Crippen molar-refractivity contribution in [3.63, 3.8) is 0 Å². The topological polar surface area (TPSA) is 12.0 Å². The van der Waals surface area contributed by atoms with Crippen molar-refractivity contribution in [2.75, 3.05) is 12.8 Å². The summed E-state index contributed by atoms with van der Waals surface area (Å²) < 4.78 is 0.439. The van der Waals surface area contributed by atoms with Gasteiger partial charge < -0.3 is 5.32 Å². The van der Waals surface area contributed by atoms with Crippen molar-refractivity contribution < 1.29 is 0 Å². The lowest BCUT2D eigenvalue weighted by molar-refractivity contribution is 0.538. The molecule has 0 aliphatic carbocycles. The van der Waals surface area contributed by atoms with Crippen LogP contribution in [0.2, 0.25) is 0 Å². The van der Waals surface area contributed by atoms with Crippen LogP contribution in [0.1, 0.15) is 47.0 Å². The van der Waals surface area contributed by atoms with Gasteiger partial charge in [-0.2, -0.15) is 11.8 Å². The molecule has 0 bridgehead atoms. The zero-order valence-corrected chi connectivity index (χ0v) is 10.6. The Morgan fingerprint density at radius 3 is 2.31 bits per heavy atom. The Bertz CT molecular complexity index is 118. The minimum Gasteiger partial charge on any atom is -0.317 e. The SMILES string of the molecule is CNC(C)CCCCSC(C)(C)C. The fraction of sp³-hybridized carbons (Fsp3) is 1.00. The number of rotatable bonds is 6. The van der Waals surface area contributed by atoms with Crippen LogP contribution in [0.15, 0.2) is 0 Å². The quantitative estimate of drug-likeness (QED) is 0.665. The van der Waals surface area contributed by atoms with Crippen LogP contribution in [-0.2, 0) is 0 Å². The Kier molecular flexibility index (Phi) is 6.88. The summed E-state index contributed by atoms with van der Waals surface area (Å²) in [4.78, 5) is 0. The molecular formula is C11H25NS. The average Bonchev–Trinajstić information content (AvgIpc) is 2.01. The molecule has 0 saturated carbocycles. The number of nitrogens with one attached hydrogen (secondary N) is 1. The average molecular weight is 203 g/mol. The maximum Gasteiger partial charge on any atom is 0.00750 e. The number of hydrogen-bond donors (Lipinski definition) is 1. The van der Waals surface area contributed by atoms with Crippen LogP contribution < -0.4 is 5.32 Å². The highest BCUT2D eigenvalue weighted by molar-refractivity contribution is 8.00. The second-order valence-electron chi connectivity index (χ2n) is 4.65. The first kappa shape index (κ1) is 13.3. The van der Waals surface area contributed by atoms with Crippen LogP contribution in [0.5, 0.6) is 0 Å². The second kappa shape index (κ2) is 6.72. The number of hydrogen-bond acceptors (Lipinski definition) is 2. The van der Waals surface area contributed by atoms with E-state index in [1.807, 2.05) is 7.05 Å². The molecule has 0 fully saturated rings. The van der Waals surface area contributed by atoms with Crippen LogP contribution in [0.4, 0.5) is 0 Å². The van der Waals surface area contributed by atoms with Gasteiger partial charge >= 0.3 is 0 Å². The first-order valence-electron chi connectivity index (χ1n) is 5.27. The summed E-state index contributed by atoms with van der Waals surface area (Å²) in [6, 6.07) is 0.680. The molecule has 0 radical (unpaired) electrons. The second-order valence-corrected chi connectivity index (χ2v) is 6.57. The molecule has 0 aromatic carbocycles. The van der Waals surface area contributed by atoms with E-state index < -0.39 is 0 Å². The normalized spacial score (nSPS) is 14.5. The van der Waals surface area contributed by atoms with Crippen molar-refractivity contribution in [2.24, 2.45) is 0 Å². The molecule has 0 spiro atoms. The van der Waals surface area contributed by atoms with Crippen LogP contribution >= 0.6 is 11.8 Å². The Morgan fingerprint density at radius 2 is 1.85 bits per heavy atom. The standard InChI is InChI=1S/C11H25NS/c1-10(12-5)8-6-7-9-13-11(2,3)4/h10,12H,6-9H2,1-5H3. The third-order valence-corrected chi connectivity index (χ3v) is 3.42. The van der Waals surface area contributed by atoms with Gasteiger partial charge in [0.15, 0.2) is 0 Å². The summed E-state index contributed by atoms with van der Waals surface area (Å²) in [7, 11) is 2.04. The zero-order chi connectivity index (χ0) is 10.3. The molecular weight excluding hydrogens is 178 g/mol. The van der Waals surface area contributed by atoms with E-state index in [4.69, 9.17) is 0 Å². The maximum absolute atomic E-state index is 3.27. The molecule has 1 atom stereocenters. The van der Waals surface area contributed by atoms with Crippen LogP contribution in [-0.4, -0.2) is 23.6 Å². The largest absolute Gasteiger partial charge is 0.317 e. The predicted octanol–water partition coefficient (Wildman–Crippen LogP) is 3.30. The van der Waals surface area contributed by atoms with Crippen molar-refractivity contribution >= 4 is 11.8 Å². The van der Waals surface area contributed by atoms with Crippen molar-refractivity contribution in [1.82, 2.24) is 5.32 Å². The van der Waals surface area contributed by atoms with E-state index in [0.29, 0.717) is 10.8 Å². The number of thioether (sulfide) groups is 1. The molecule has 13 heavy (non-hydrogen) atoms. The summed E-state index contributed by atoms with van der Waals surface area (Å²) in [6.07, 6.45) is 4.01. The van der Waals surface area contributed by atoms with E-state index in [9.17, 15) is 0 Å². The zero-order valence-electron chi connectivity index (χ0n) is 9.81. The van der Waals surface area contributed by atoms with Gasteiger partial charge in [0.25, 0.3) is 0 Å². The van der Waals surface area contributed by atoms with Crippen molar-refractivity contribution in [2.45, 2.75) is 57.7 Å². The summed E-state index contributed by atoms with van der Waals surface area (Å²) in [6.45, 7) is 9.10. The summed E-state index contributed by atoms with van der Waals surface area (Å²) in [5.41, 5.74) is 0. The predicted molar refractivity (Wildman–Crippen MR) is 64.6 cm³/mol. The Hall–Kier alpha value is 0.310. The lowest BCUT2D eigenvalue weighted by atomic mass is 10.1. The first-order chi connectivity index (χ1) is 5.95. The third kappa shape index (κ3) is 10.2. The molecule has 2 heteroatoms. The van der Waals surface area contributed by atoms with E-state index in [-0.39, 0.29) is 0 Å². The Balaban J connectivity index is 3.18. The molecule has 0 aromatic rings. The maximum atomic E-state index is 3.27. The van der Waals surface area contributed by atoms with E-state index in [1.165, 1.54) is 25.0 Å². The molecule has 0 aliphatic rings. The lowest BCUT2D eigenvalue weighted by Crippen LogP contribution is -2.20. The van der Waals surface area contributed by atoms with Gasteiger partial charge in [-0.3, -0.25) is 0 Å². The van der Waals surface area contributed by atoms with Crippen LogP contribution in [0.3, 0.4) is 0 Å². The van der Waals surface area contributed by atoms with Crippen molar-refractivity contribution in [1.29, 1.82) is 0 Å². The molecule has 0 heterocycles. The number of unbranched alkanes of at least 4 members (excludes halogenated alkanes) is 1. The summed E-state index contributed by atoms with van der Waals surface area (Å²) >= 11 is 2.07. The van der Waals surface area contributed by atoms with Gasteiger partial charge in [0.2, 0.25) is 0 Å². The molecule has 1 nitrogen and oxygen atoms in total. The van der Waals surface area contributed by atoms with Gasteiger partial charge in [0.05, 0.1) is 0 Å². The van der Waals surface area contributed by atoms with Crippen LogP contribution in [0.25, 0.3) is 0 Å². The van der Waals surface area contributed by atoms with Gasteiger partial charge in [-0.05, 0) is 32.6 Å². The molecule has 0 aliphatic heterocycles. The van der Waals surface area contributed by atoms with Gasteiger partial charge in [-0.15, -0.1) is 0 Å². The third-order valence-electron chi connectivity index (χ3n) is 2.06. The molecule has 1 N–H and O–H groups in total. The van der Waals surface area contributed by atoms with E-state index in [0.717, 1.165) is 0 Å². The van der Waals surface area contributed by atoms with E-state index in [2.05, 4.69) is 44.8 Å². The summed E-state index contributed by atoms with van der Waals surface area (Å²) in [5, 5.41) is 3.27. The Labute approximate surface area is 88.1 Å². The smallest absolute Gasteiger partial charge is 0.00750 e. The highest BCUT2D eigenvalue weighted by atomic mass is 32.2. The van der Waals surface area contributed by atoms with Crippen LogP contribution in [0, 0.1) is 0 Å². The first-order valence-corrected chi connectivity index (χ1v) is 6.25. The van der Waals surface area contributed by atoms with Gasteiger partial charge in [0, 0.05) is 10.8 Å². The van der Waals surface area contributed by atoms with Crippen molar-refractivity contribution in [3.05, 3.63) is 0 Å². The molecule has 0 amide bonds. The highest BCUT2D eigenvalue weighted by Gasteiger charge is 2.09. The van der Waals surface area contributed by atoms with Gasteiger partial charge in [0.1, 0.15) is 0 Å². The van der Waals surface area contributed by atoms with E-state index >= 15 is 0 Å².